The maximum atomic E-state index is 9.43. The van der Waals surface area contributed by atoms with Gasteiger partial charge >= 0.3 is 0 Å². The average molecular weight is 297 g/mol. The smallest absolute Gasteiger partial charge is 0.119 e. The zero-order valence-electron chi connectivity index (χ0n) is 12.8. The molecule has 1 rings (SSSR count). The Morgan fingerprint density at radius 2 is 2.15 bits per heavy atom. The summed E-state index contributed by atoms with van der Waals surface area (Å²) in [6, 6.07) is 8.17. The van der Waals surface area contributed by atoms with Gasteiger partial charge in [-0.05, 0) is 50.3 Å². The third kappa shape index (κ3) is 6.16. The lowest BCUT2D eigenvalue weighted by molar-refractivity contribution is 0.165. The molecule has 0 fully saturated rings. The van der Waals surface area contributed by atoms with Gasteiger partial charge in [0.2, 0.25) is 0 Å². The SMILES string of the molecule is CCNC(C)(CO)CCCCSc1cccc(OC)c1. The van der Waals surface area contributed by atoms with Crippen molar-refractivity contribution in [1.29, 1.82) is 0 Å². The van der Waals surface area contributed by atoms with Crippen LogP contribution < -0.4 is 10.1 Å². The summed E-state index contributed by atoms with van der Waals surface area (Å²) < 4.78 is 5.22. The number of aliphatic hydroxyl groups is 1. The van der Waals surface area contributed by atoms with E-state index in [1.807, 2.05) is 23.9 Å². The molecule has 0 spiro atoms. The molecule has 0 aliphatic rings. The van der Waals surface area contributed by atoms with Crippen LogP contribution in [0.25, 0.3) is 0 Å². The number of likely N-dealkylation sites (N-methyl/N-ethyl adjacent to an activating group) is 1. The van der Waals surface area contributed by atoms with Gasteiger partial charge in [-0.1, -0.05) is 19.4 Å². The number of benzene rings is 1. The topological polar surface area (TPSA) is 41.5 Å². The van der Waals surface area contributed by atoms with Crippen molar-refractivity contribution in [2.75, 3.05) is 26.0 Å². The summed E-state index contributed by atoms with van der Waals surface area (Å²) >= 11 is 1.86. The fourth-order valence-corrected chi connectivity index (χ4v) is 3.11. The van der Waals surface area contributed by atoms with Gasteiger partial charge in [-0.15, -0.1) is 11.8 Å². The molecule has 1 aromatic carbocycles. The molecule has 0 aliphatic heterocycles. The fourth-order valence-electron chi connectivity index (χ4n) is 2.15. The normalized spacial score (nSPS) is 14.0. The highest BCUT2D eigenvalue weighted by Gasteiger charge is 2.20. The van der Waals surface area contributed by atoms with Gasteiger partial charge in [-0.3, -0.25) is 0 Å². The van der Waals surface area contributed by atoms with Crippen molar-refractivity contribution >= 4 is 11.8 Å². The number of rotatable bonds is 10. The minimum Gasteiger partial charge on any atom is -0.497 e. The Morgan fingerprint density at radius 3 is 2.80 bits per heavy atom. The highest BCUT2D eigenvalue weighted by atomic mass is 32.2. The molecule has 0 aromatic heterocycles. The number of methoxy groups -OCH3 is 1. The van der Waals surface area contributed by atoms with Gasteiger partial charge in [-0.2, -0.15) is 0 Å². The highest BCUT2D eigenvalue weighted by molar-refractivity contribution is 7.99. The third-order valence-electron chi connectivity index (χ3n) is 3.39. The number of nitrogens with one attached hydrogen (secondary N) is 1. The molecule has 0 aliphatic carbocycles. The van der Waals surface area contributed by atoms with Crippen LogP contribution in [0.1, 0.15) is 33.1 Å². The lowest BCUT2D eigenvalue weighted by Gasteiger charge is -2.28. The Bertz CT molecular complexity index is 386. The Morgan fingerprint density at radius 1 is 1.35 bits per heavy atom. The molecule has 1 unspecified atom stereocenters. The summed E-state index contributed by atoms with van der Waals surface area (Å²) in [4.78, 5) is 1.25. The monoisotopic (exact) mass is 297 g/mol. The largest absolute Gasteiger partial charge is 0.497 e. The van der Waals surface area contributed by atoms with E-state index in [-0.39, 0.29) is 12.1 Å². The molecule has 0 saturated heterocycles. The number of hydrogen-bond acceptors (Lipinski definition) is 4. The summed E-state index contributed by atoms with van der Waals surface area (Å²) in [5.41, 5.74) is -0.130. The zero-order chi connectivity index (χ0) is 14.8. The number of aliphatic hydroxyl groups excluding tert-OH is 1. The van der Waals surface area contributed by atoms with Crippen molar-refractivity contribution in [3.8, 4) is 5.75 Å². The molecule has 0 amide bonds. The van der Waals surface area contributed by atoms with Gasteiger partial charge in [0.05, 0.1) is 13.7 Å². The van der Waals surface area contributed by atoms with Crippen LogP contribution in [0.15, 0.2) is 29.2 Å². The predicted molar refractivity (Wildman–Crippen MR) is 86.7 cm³/mol. The van der Waals surface area contributed by atoms with Gasteiger partial charge < -0.3 is 15.2 Å². The molecule has 114 valence electrons. The molecule has 1 aromatic rings. The molecular weight excluding hydrogens is 270 g/mol. The molecule has 0 saturated carbocycles. The molecule has 0 heterocycles. The lowest BCUT2D eigenvalue weighted by atomic mass is 9.96. The standard InChI is InChI=1S/C16H27NO2S/c1-4-17-16(2,13-18)10-5-6-11-20-15-9-7-8-14(12-15)19-3/h7-9,12,17-18H,4-6,10-11,13H2,1-3H3. The minimum absolute atomic E-state index is 0.130. The van der Waals surface area contributed by atoms with E-state index < -0.39 is 0 Å². The summed E-state index contributed by atoms with van der Waals surface area (Å²) in [6.45, 7) is 5.26. The van der Waals surface area contributed by atoms with Crippen molar-refractivity contribution in [1.82, 2.24) is 5.32 Å². The first kappa shape index (κ1) is 17.3. The lowest BCUT2D eigenvalue weighted by Crippen LogP contribution is -2.45. The quantitative estimate of drug-likeness (QED) is 0.513. The van der Waals surface area contributed by atoms with E-state index in [1.165, 1.54) is 4.90 Å². The third-order valence-corrected chi connectivity index (χ3v) is 4.47. The maximum Gasteiger partial charge on any atom is 0.119 e. The Balaban J connectivity index is 2.24. The molecule has 0 radical (unpaired) electrons. The Kier molecular flexibility index (Phi) is 8.04. The first-order valence-corrected chi connectivity index (χ1v) is 8.25. The second-order valence-corrected chi connectivity index (χ2v) is 6.40. The van der Waals surface area contributed by atoms with Crippen LogP contribution in [0.3, 0.4) is 0 Å². The van der Waals surface area contributed by atoms with Crippen LogP contribution in [0.4, 0.5) is 0 Å². The number of ether oxygens (including phenoxy) is 1. The van der Waals surface area contributed by atoms with Crippen molar-refractivity contribution in [2.45, 2.75) is 43.5 Å². The zero-order valence-corrected chi connectivity index (χ0v) is 13.6. The minimum atomic E-state index is -0.130. The molecule has 2 N–H and O–H groups in total. The van der Waals surface area contributed by atoms with Crippen LogP contribution in [0.2, 0.25) is 0 Å². The van der Waals surface area contributed by atoms with Crippen LogP contribution in [0.5, 0.6) is 5.75 Å². The number of thioether (sulfide) groups is 1. The average Bonchev–Trinajstić information content (AvgIpc) is 2.47. The molecule has 4 heteroatoms. The van der Waals surface area contributed by atoms with Crippen molar-refractivity contribution in [3.63, 3.8) is 0 Å². The van der Waals surface area contributed by atoms with E-state index in [0.717, 1.165) is 37.3 Å². The maximum absolute atomic E-state index is 9.43. The van der Waals surface area contributed by atoms with Crippen molar-refractivity contribution in [3.05, 3.63) is 24.3 Å². The number of unbranched alkanes of at least 4 members (excludes halogenated alkanes) is 1. The first-order valence-electron chi connectivity index (χ1n) is 7.26. The van der Waals surface area contributed by atoms with E-state index in [0.29, 0.717) is 0 Å². The molecule has 3 nitrogen and oxygen atoms in total. The van der Waals surface area contributed by atoms with Crippen molar-refractivity contribution < 1.29 is 9.84 Å². The van der Waals surface area contributed by atoms with E-state index in [1.54, 1.807) is 7.11 Å². The van der Waals surface area contributed by atoms with Gasteiger partial charge in [0, 0.05) is 10.4 Å². The first-order chi connectivity index (χ1) is 9.63. The second-order valence-electron chi connectivity index (χ2n) is 5.23. The molecule has 20 heavy (non-hydrogen) atoms. The summed E-state index contributed by atoms with van der Waals surface area (Å²) in [7, 11) is 1.69. The second kappa shape index (κ2) is 9.27. The van der Waals surface area contributed by atoms with Crippen LogP contribution in [-0.4, -0.2) is 36.7 Å². The van der Waals surface area contributed by atoms with Gasteiger partial charge in [0.15, 0.2) is 0 Å². The van der Waals surface area contributed by atoms with Crippen LogP contribution >= 0.6 is 11.8 Å². The summed E-state index contributed by atoms with van der Waals surface area (Å²) in [6.07, 6.45) is 3.29. The molecule has 1 atom stereocenters. The van der Waals surface area contributed by atoms with Gasteiger partial charge in [0.25, 0.3) is 0 Å². The molecular formula is C16H27NO2S. The molecule has 0 bridgehead atoms. The van der Waals surface area contributed by atoms with Crippen LogP contribution in [-0.2, 0) is 0 Å². The van der Waals surface area contributed by atoms with Crippen molar-refractivity contribution in [2.24, 2.45) is 0 Å². The van der Waals surface area contributed by atoms with Gasteiger partial charge in [0.1, 0.15) is 5.75 Å². The van der Waals surface area contributed by atoms with Gasteiger partial charge in [-0.25, -0.2) is 0 Å². The van der Waals surface area contributed by atoms with E-state index in [2.05, 4.69) is 31.3 Å². The van der Waals surface area contributed by atoms with Crippen LogP contribution in [0, 0.1) is 0 Å². The number of hydrogen-bond donors (Lipinski definition) is 2. The fraction of sp³-hybridized carbons (Fsp3) is 0.625. The van der Waals surface area contributed by atoms with E-state index in [4.69, 9.17) is 4.74 Å². The summed E-state index contributed by atoms with van der Waals surface area (Å²) in [5, 5.41) is 12.8. The van der Waals surface area contributed by atoms with E-state index in [9.17, 15) is 5.11 Å². The van der Waals surface area contributed by atoms with E-state index >= 15 is 0 Å². The Hall–Kier alpha value is -0.710. The highest BCUT2D eigenvalue weighted by Crippen LogP contribution is 2.24. The predicted octanol–water partition coefficient (Wildman–Crippen LogP) is 3.32. The summed E-state index contributed by atoms with van der Waals surface area (Å²) in [5.74, 6) is 2.01. The Labute approximate surface area is 127 Å².